The van der Waals surface area contributed by atoms with Gasteiger partial charge < -0.3 is 29.2 Å². The minimum absolute atomic E-state index is 0.0264. The molecule has 2 aromatic carbocycles. The Morgan fingerprint density at radius 2 is 1.89 bits per heavy atom. The molecule has 0 radical (unpaired) electrons. The highest BCUT2D eigenvalue weighted by Crippen LogP contribution is 2.39. The number of carbonyl (C=O) groups is 2. The summed E-state index contributed by atoms with van der Waals surface area (Å²) in [5.74, 6) is 0.628. The van der Waals surface area contributed by atoms with Gasteiger partial charge in [-0.1, -0.05) is 52.3 Å². The van der Waals surface area contributed by atoms with E-state index in [4.69, 9.17) is 18.9 Å². The smallest absolute Gasteiger partial charge is 0.410 e. The van der Waals surface area contributed by atoms with Crippen molar-refractivity contribution in [2.45, 2.75) is 64.9 Å². The average molecular weight is 578 g/mol. The molecule has 2 aromatic rings. The third-order valence-electron chi connectivity index (χ3n) is 5.76. The monoisotopic (exact) mass is 576 g/mol. The van der Waals surface area contributed by atoms with Gasteiger partial charge in [0.05, 0.1) is 18.7 Å². The van der Waals surface area contributed by atoms with Crippen LogP contribution in [0.4, 0.5) is 9.59 Å². The van der Waals surface area contributed by atoms with Crippen molar-refractivity contribution in [3.8, 4) is 5.75 Å². The Balaban J connectivity index is 1.72. The standard InChI is InChI=1S/C28H37BrN2O6/c1-5-34-22-13-15-31(27(33)36-19-20-9-7-6-8-10-20)24(18-22)23-12-11-21(29)17-25(23)35-16-14-30-26(32)37-28(2,3)4/h6-12,17,22,24H,5,13-16,18-19H2,1-4H3,(H,30,32)/t22-,24-/m0/s1. The number of hydrogen-bond acceptors (Lipinski definition) is 6. The third-order valence-corrected chi connectivity index (χ3v) is 6.25. The Kier molecular flexibility index (Phi) is 10.6. The summed E-state index contributed by atoms with van der Waals surface area (Å²) in [6.07, 6.45) is 0.521. The highest BCUT2D eigenvalue weighted by molar-refractivity contribution is 9.10. The lowest BCUT2D eigenvalue weighted by Gasteiger charge is -2.39. The van der Waals surface area contributed by atoms with Gasteiger partial charge in [0.25, 0.3) is 0 Å². The summed E-state index contributed by atoms with van der Waals surface area (Å²) < 4.78 is 23.8. The zero-order chi connectivity index (χ0) is 26.8. The third kappa shape index (κ3) is 9.23. The van der Waals surface area contributed by atoms with Crippen LogP contribution in [0.2, 0.25) is 0 Å². The lowest BCUT2D eigenvalue weighted by molar-refractivity contribution is -0.0130. The molecule has 37 heavy (non-hydrogen) atoms. The molecule has 0 bridgehead atoms. The van der Waals surface area contributed by atoms with Crippen LogP contribution in [0, 0.1) is 0 Å². The van der Waals surface area contributed by atoms with E-state index < -0.39 is 11.7 Å². The van der Waals surface area contributed by atoms with Gasteiger partial charge >= 0.3 is 12.2 Å². The van der Waals surface area contributed by atoms with E-state index in [0.29, 0.717) is 25.3 Å². The summed E-state index contributed by atoms with van der Waals surface area (Å²) in [6, 6.07) is 15.1. The summed E-state index contributed by atoms with van der Waals surface area (Å²) in [4.78, 5) is 26.9. The molecule has 1 fully saturated rings. The summed E-state index contributed by atoms with van der Waals surface area (Å²) >= 11 is 3.52. The molecule has 0 unspecified atom stereocenters. The number of likely N-dealkylation sites (tertiary alicyclic amines) is 1. The number of rotatable bonds is 9. The van der Waals surface area contributed by atoms with E-state index in [1.54, 1.807) is 4.90 Å². The molecule has 1 heterocycles. The van der Waals surface area contributed by atoms with Gasteiger partial charge in [-0.05, 0) is 58.2 Å². The molecule has 0 spiro atoms. The van der Waals surface area contributed by atoms with Gasteiger partial charge in [0.15, 0.2) is 0 Å². The number of hydrogen-bond donors (Lipinski definition) is 1. The minimum Gasteiger partial charge on any atom is -0.491 e. The van der Waals surface area contributed by atoms with E-state index in [-0.39, 0.29) is 38.0 Å². The fourth-order valence-corrected chi connectivity index (χ4v) is 4.51. The van der Waals surface area contributed by atoms with Gasteiger partial charge in [-0.3, -0.25) is 0 Å². The molecule has 1 aliphatic heterocycles. The molecule has 0 aromatic heterocycles. The fourth-order valence-electron chi connectivity index (χ4n) is 4.17. The summed E-state index contributed by atoms with van der Waals surface area (Å²) in [5.41, 5.74) is 1.22. The van der Waals surface area contributed by atoms with Gasteiger partial charge in [0.1, 0.15) is 24.6 Å². The van der Waals surface area contributed by atoms with Crippen molar-refractivity contribution in [1.29, 1.82) is 0 Å². The number of nitrogens with zero attached hydrogens (tertiary/aromatic N) is 1. The number of benzene rings is 2. The van der Waals surface area contributed by atoms with E-state index in [1.807, 2.05) is 76.2 Å². The van der Waals surface area contributed by atoms with Crippen LogP contribution in [0.15, 0.2) is 53.0 Å². The van der Waals surface area contributed by atoms with Crippen LogP contribution in [-0.2, 0) is 20.8 Å². The largest absolute Gasteiger partial charge is 0.491 e. The van der Waals surface area contributed by atoms with Crippen LogP contribution in [0.3, 0.4) is 0 Å². The molecule has 1 N–H and O–H groups in total. The quantitative estimate of drug-likeness (QED) is 0.356. The average Bonchev–Trinajstić information content (AvgIpc) is 2.85. The molecular formula is C28H37BrN2O6. The first kappa shape index (κ1) is 28.8. The van der Waals surface area contributed by atoms with Gasteiger partial charge in [0.2, 0.25) is 0 Å². The predicted octanol–water partition coefficient (Wildman–Crippen LogP) is 6.23. The van der Waals surface area contributed by atoms with Crippen molar-refractivity contribution < 1.29 is 28.5 Å². The molecule has 0 aliphatic carbocycles. The first-order chi connectivity index (χ1) is 17.7. The first-order valence-corrected chi connectivity index (χ1v) is 13.4. The van der Waals surface area contributed by atoms with E-state index >= 15 is 0 Å². The number of nitrogens with one attached hydrogen (secondary N) is 1. The molecule has 8 nitrogen and oxygen atoms in total. The van der Waals surface area contributed by atoms with E-state index in [2.05, 4.69) is 21.2 Å². The van der Waals surface area contributed by atoms with Crippen molar-refractivity contribution in [3.05, 3.63) is 64.1 Å². The summed E-state index contributed by atoms with van der Waals surface area (Å²) in [5, 5.41) is 2.70. The maximum atomic E-state index is 13.2. The van der Waals surface area contributed by atoms with E-state index in [9.17, 15) is 9.59 Å². The topological polar surface area (TPSA) is 86.3 Å². The molecule has 3 rings (SSSR count). The molecule has 0 saturated carbocycles. The molecule has 9 heteroatoms. The number of alkyl carbamates (subject to hydrolysis) is 1. The summed E-state index contributed by atoms with van der Waals surface area (Å²) in [6.45, 7) is 9.25. The highest BCUT2D eigenvalue weighted by atomic mass is 79.9. The number of halogens is 1. The fraction of sp³-hybridized carbons (Fsp3) is 0.500. The van der Waals surface area contributed by atoms with Crippen LogP contribution in [0.5, 0.6) is 5.75 Å². The van der Waals surface area contributed by atoms with Gasteiger partial charge in [-0.25, -0.2) is 9.59 Å². The normalized spacial score (nSPS) is 17.7. The Hall–Kier alpha value is -2.78. The zero-order valence-electron chi connectivity index (χ0n) is 22.0. The van der Waals surface area contributed by atoms with Crippen LogP contribution < -0.4 is 10.1 Å². The molecule has 2 amide bonds. The second-order valence-corrected chi connectivity index (χ2v) is 10.7. The van der Waals surface area contributed by atoms with Gasteiger partial charge in [0, 0.05) is 23.2 Å². The van der Waals surface area contributed by atoms with Gasteiger partial charge in [-0.2, -0.15) is 0 Å². The SMILES string of the molecule is CCO[C@H]1CCN(C(=O)OCc2ccccc2)[C@H](c2ccc(Br)cc2OCCNC(=O)OC(C)(C)C)C1. The van der Waals surface area contributed by atoms with Gasteiger partial charge in [-0.15, -0.1) is 0 Å². The highest BCUT2D eigenvalue weighted by Gasteiger charge is 2.35. The van der Waals surface area contributed by atoms with E-state index in [1.165, 1.54) is 0 Å². The number of ether oxygens (including phenoxy) is 4. The summed E-state index contributed by atoms with van der Waals surface area (Å²) in [7, 11) is 0. The lowest BCUT2D eigenvalue weighted by atomic mass is 9.93. The first-order valence-electron chi connectivity index (χ1n) is 12.6. The molecule has 202 valence electrons. The minimum atomic E-state index is -0.570. The predicted molar refractivity (Wildman–Crippen MR) is 145 cm³/mol. The second-order valence-electron chi connectivity index (χ2n) is 9.81. The molecule has 1 saturated heterocycles. The van der Waals surface area contributed by atoms with Crippen LogP contribution in [-0.4, -0.2) is 55.1 Å². The van der Waals surface area contributed by atoms with Crippen molar-refractivity contribution in [2.75, 3.05) is 26.3 Å². The molecule has 1 aliphatic rings. The van der Waals surface area contributed by atoms with Crippen molar-refractivity contribution in [2.24, 2.45) is 0 Å². The maximum absolute atomic E-state index is 13.2. The Morgan fingerprint density at radius 1 is 1.14 bits per heavy atom. The molecule has 2 atom stereocenters. The van der Waals surface area contributed by atoms with Crippen LogP contribution >= 0.6 is 15.9 Å². The van der Waals surface area contributed by atoms with E-state index in [0.717, 1.165) is 22.0 Å². The van der Waals surface area contributed by atoms with Crippen molar-refractivity contribution in [3.63, 3.8) is 0 Å². The lowest BCUT2D eigenvalue weighted by Crippen LogP contribution is -2.43. The number of amides is 2. The number of piperidine rings is 1. The number of carbonyl (C=O) groups excluding carboxylic acids is 2. The Morgan fingerprint density at radius 3 is 2.59 bits per heavy atom. The Bertz CT molecular complexity index is 1030. The second kappa shape index (κ2) is 13.7. The maximum Gasteiger partial charge on any atom is 0.410 e. The van der Waals surface area contributed by atoms with Crippen LogP contribution in [0.25, 0.3) is 0 Å². The zero-order valence-corrected chi connectivity index (χ0v) is 23.6. The Labute approximate surface area is 227 Å². The van der Waals surface area contributed by atoms with Crippen molar-refractivity contribution in [1.82, 2.24) is 10.2 Å². The molecular weight excluding hydrogens is 540 g/mol. The van der Waals surface area contributed by atoms with Crippen LogP contribution in [0.1, 0.15) is 57.7 Å². The van der Waals surface area contributed by atoms with Crippen molar-refractivity contribution >= 4 is 28.1 Å².